The van der Waals surface area contributed by atoms with E-state index >= 15 is 0 Å². The van der Waals surface area contributed by atoms with Gasteiger partial charge >= 0.3 is 0 Å². The molecule has 36 heavy (non-hydrogen) atoms. The van der Waals surface area contributed by atoms with Crippen LogP contribution in [0.1, 0.15) is 11.1 Å². The topological polar surface area (TPSA) is 184 Å². The first-order valence-corrected chi connectivity index (χ1v) is 10.0. The summed E-state index contributed by atoms with van der Waals surface area (Å²) in [6.07, 6.45) is 2.91. The molecular weight excluding hydrogens is 448 g/mol. The van der Waals surface area contributed by atoms with E-state index in [2.05, 4.69) is 0 Å². The van der Waals surface area contributed by atoms with E-state index in [1.807, 2.05) is 47.8 Å². The van der Waals surface area contributed by atoms with E-state index in [0.717, 1.165) is 0 Å². The van der Waals surface area contributed by atoms with Crippen LogP contribution in [0.4, 0.5) is 0 Å². The lowest BCUT2D eigenvalue weighted by Crippen LogP contribution is -2.12. The third-order valence-corrected chi connectivity index (χ3v) is 5.82. The van der Waals surface area contributed by atoms with Crippen LogP contribution in [0.2, 0.25) is 0 Å². The SMILES string of the molecule is N#CC(=C=[N-])C1=CC(C(=C=[N-])C#N)=c2cc3cc4c(cc3cc21)=C(C(=C=[N-])C#N)C=C4C(=C=[N-])C#N. The van der Waals surface area contributed by atoms with Gasteiger partial charge in [-0.25, -0.2) is 23.5 Å². The van der Waals surface area contributed by atoms with Crippen molar-refractivity contribution >= 4 is 56.5 Å². The second kappa shape index (κ2) is 8.90. The molecule has 2 aromatic carbocycles. The maximum atomic E-state index is 9.44. The molecule has 2 aliphatic carbocycles. The number of hydrogen-bond donors (Lipinski definition) is 0. The highest BCUT2D eigenvalue weighted by atomic mass is 14.4. The third kappa shape index (κ3) is 3.27. The first kappa shape index (κ1) is 22.9. The Labute approximate surface area is 203 Å². The van der Waals surface area contributed by atoms with E-state index < -0.39 is 0 Å². The normalized spacial score (nSPS) is 12.0. The highest BCUT2D eigenvalue weighted by molar-refractivity contribution is 6.10. The monoisotopic (exact) mass is 454 g/mol. The van der Waals surface area contributed by atoms with Crippen molar-refractivity contribution in [1.29, 1.82) is 21.0 Å². The Kier molecular flexibility index (Phi) is 5.65. The van der Waals surface area contributed by atoms with Crippen molar-refractivity contribution in [3.05, 3.63) is 102 Å². The van der Waals surface area contributed by atoms with Gasteiger partial charge in [0.2, 0.25) is 0 Å². The van der Waals surface area contributed by atoms with Crippen molar-refractivity contribution in [1.82, 2.24) is 0 Å². The molecule has 0 aliphatic heterocycles. The lowest BCUT2D eigenvalue weighted by molar-refractivity contribution is 1.49. The van der Waals surface area contributed by atoms with Crippen LogP contribution < -0.4 is 10.4 Å². The molecule has 0 aromatic heterocycles. The zero-order valence-electron chi connectivity index (χ0n) is 18.0. The minimum Gasteiger partial charge on any atom is -0.762 e. The van der Waals surface area contributed by atoms with Crippen molar-refractivity contribution in [2.45, 2.75) is 0 Å². The molecule has 0 saturated carbocycles. The minimum atomic E-state index is -0.190. The molecule has 0 spiro atoms. The standard InChI is InChI=1S/C28H6N8/c29-7-17(8-30)21-5-22(18(9-31)10-32)26-3-16-4-28-24(20(13-35)14-36)6-23(19(11-33)12-34)27(28)2-15(16)1-25(21)26/h1-6H/q-4. The number of allylic oxidation sites excluding steroid dienone is 8. The number of fused-ring (bicyclic) bond motifs is 3. The van der Waals surface area contributed by atoms with Gasteiger partial charge in [-0.15, -0.1) is 0 Å². The molecule has 0 bridgehead atoms. The van der Waals surface area contributed by atoms with Gasteiger partial charge in [-0.05, 0) is 68.8 Å². The van der Waals surface area contributed by atoms with Gasteiger partial charge in [-0.3, -0.25) is 0 Å². The maximum absolute atomic E-state index is 9.44. The summed E-state index contributed by atoms with van der Waals surface area (Å²) in [4.78, 5) is 0. The van der Waals surface area contributed by atoms with E-state index in [0.29, 0.717) is 32.3 Å². The predicted octanol–water partition coefficient (Wildman–Crippen LogP) is 2.69. The largest absolute Gasteiger partial charge is 0.762 e. The van der Waals surface area contributed by atoms with Crippen LogP contribution >= 0.6 is 0 Å². The molecule has 0 atom stereocenters. The highest BCUT2D eigenvalue weighted by Gasteiger charge is 2.23. The van der Waals surface area contributed by atoms with Gasteiger partial charge in [0.15, 0.2) is 0 Å². The second-order valence-corrected chi connectivity index (χ2v) is 7.48. The van der Waals surface area contributed by atoms with Crippen LogP contribution in [0.3, 0.4) is 0 Å². The van der Waals surface area contributed by atoms with Crippen LogP contribution in [-0.4, -0.2) is 23.5 Å². The van der Waals surface area contributed by atoms with Gasteiger partial charge in [0, 0.05) is 22.3 Å². The van der Waals surface area contributed by atoms with Crippen molar-refractivity contribution in [2.24, 2.45) is 0 Å². The van der Waals surface area contributed by atoms with Crippen LogP contribution in [0.15, 0.2) is 58.7 Å². The van der Waals surface area contributed by atoms with E-state index in [1.165, 1.54) is 12.2 Å². The van der Waals surface area contributed by atoms with E-state index in [1.54, 1.807) is 24.3 Å². The molecule has 0 heterocycles. The van der Waals surface area contributed by atoms with E-state index in [4.69, 9.17) is 0 Å². The molecule has 2 aromatic rings. The zero-order chi connectivity index (χ0) is 26.0. The average Bonchev–Trinajstić information content (AvgIpc) is 3.43. The van der Waals surface area contributed by atoms with Gasteiger partial charge in [0.05, 0.1) is 22.3 Å². The predicted molar refractivity (Wildman–Crippen MR) is 136 cm³/mol. The Morgan fingerprint density at radius 1 is 0.500 bits per heavy atom. The number of nitriles is 4. The van der Waals surface area contributed by atoms with Gasteiger partial charge in [0.1, 0.15) is 24.3 Å². The van der Waals surface area contributed by atoms with Gasteiger partial charge in [-0.2, -0.15) is 21.0 Å². The number of rotatable bonds is 4. The van der Waals surface area contributed by atoms with Gasteiger partial charge in [0.25, 0.3) is 0 Å². The summed E-state index contributed by atoms with van der Waals surface area (Å²) >= 11 is 0. The molecule has 8 nitrogen and oxygen atoms in total. The third-order valence-electron chi connectivity index (χ3n) is 5.82. The quantitative estimate of drug-likeness (QED) is 0.508. The molecule has 162 valence electrons. The van der Waals surface area contributed by atoms with Gasteiger partial charge in [-0.1, -0.05) is 0 Å². The van der Waals surface area contributed by atoms with E-state index in [9.17, 15) is 42.7 Å². The smallest absolute Gasteiger partial charge is 0.106 e. The second-order valence-electron chi connectivity index (χ2n) is 7.48. The molecule has 0 saturated heterocycles. The van der Waals surface area contributed by atoms with E-state index in [-0.39, 0.29) is 44.6 Å². The van der Waals surface area contributed by atoms with Crippen LogP contribution in [0.5, 0.6) is 0 Å². The summed E-state index contributed by atoms with van der Waals surface area (Å²) in [5.74, 6) is 7.34. The molecule has 0 N–H and O–H groups in total. The summed E-state index contributed by atoms with van der Waals surface area (Å²) in [7, 11) is 0. The molecule has 8 heteroatoms. The van der Waals surface area contributed by atoms with Crippen molar-refractivity contribution in [3.8, 4) is 24.3 Å². The van der Waals surface area contributed by atoms with Crippen LogP contribution in [0, 0.1) is 45.3 Å². The summed E-state index contributed by atoms with van der Waals surface area (Å²) in [5.41, 5.74) is 1.25. The lowest BCUT2D eigenvalue weighted by Gasteiger charge is -2.09. The summed E-state index contributed by atoms with van der Waals surface area (Å²) < 4.78 is 0. The fraction of sp³-hybridized carbons (Fsp3) is 0. The number of nitrogens with zero attached hydrogens (tertiary/aromatic N) is 8. The Balaban J connectivity index is 2.19. The Morgan fingerprint density at radius 3 is 1.11 bits per heavy atom. The first-order chi connectivity index (χ1) is 17.5. The molecule has 0 fully saturated rings. The van der Waals surface area contributed by atoms with Crippen LogP contribution in [-0.2, 0) is 0 Å². The molecule has 0 unspecified atom stereocenters. The Bertz CT molecular complexity index is 1880. The fourth-order valence-corrected chi connectivity index (χ4v) is 4.25. The molecule has 4 rings (SSSR count). The maximum Gasteiger partial charge on any atom is 0.106 e. The lowest BCUT2D eigenvalue weighted by atomic mass is 9.94. The minimum absolute atomic E-state index is 0.190. The Morgan fingerprint density at radius 2 is 0.833 bits per heavy atom. The van der Waals surface area contributed by atoms with Gasteiger partial charge < -0.3 is 21.6 Å². The van der Waals surface area contributed by atoms with Crippen molar-refractivity contribution < 1.29 is 0 Å². The molecule has 0 amide bonds. The summed E-state index contributed by atoms with van der Waals surface area (Å²) in [6, 6.07) is 14.1. The molecular formula is C28H6N8-4. The molecule has 2 aliphatic rings. The summed E-state index contributed by atoms with van der Waals surface area (Å²) in [5, 5.41) is 77.7. The zero-order valence-corrected chi connectivity index (χ0v) is 18.0. The number of benzene rings is 2. The van der Waals surface area contributed by atoms with Crippen molar-refractivity contribution in [2.75, 3.05) is 0 Å². The summed E-state index contributed by atoms with van der Waals surface area (Å²) in [6.45, 7) is 0. The van der Waals surface area contributed by atoms with Crippen molar-refractivity contribution in [3.63, 3.8) is 0 Å². The molecule has 0 radical (unpaired) electrons. The fourth-order valence-electron chi connectivity index (χ4n) is 4.25. The Hall–Kier alpha value is -6.32. The average molecular weight is 454 g/mol. The highest BCUT2D eigenvalue weighted by Crippen LogP contribution is 2.34. The van der Waals surface area contributed by atoms with Crippen LogP contribution in [0.25, 0.3) is 54.7 Å². The number of hydrogen-bond acceptors (Lipinski definition) is 4. The first-order valence-electron chi connectivity index (χ1n) is 10.0.